The number of nitrogens with one attached hydrogen (secondary N) is 2. The molecule has 1 aliphatic heterocycles. The summed E-state index contributed by atoms with van der Waals surface area (Å²) in [7, 11) is 0. The van der Waals surface area contributed by atoms with Gasteiger partial charge in [-0.2, -0.15) is 0 Å². The Bertz CT molecular complexity index is 1000. The Hall–Kier alpha value is -2.85. The summed E-state index contributed by atoms with van der Waals surface area (Å²) >= 11 is 0. The van der Waals surface area contributed by atoms with Crippen molar-refractivity contribution in [2.75, 3.05) is 18.5 Å². The second-order valence-corrected chi connectivity index (χ2v) is 7.82. The summed E-state index contributed by atoms with van der Waals surface area (Å²) in [5.74, 6) is -0.0430. The lowest BCUT2D eigenvalue weighted by molar-refractivity contribution is 0.0903. The summed E-state index contributed by atoms with van der Waals surface area (Å²) < 4.78 is 5.43. The molecule has 0 aromatic heterocycles. The maximum Gasteiger partial charge on any atom is 0.252 e. The molecular weight excluding hydrogens is 360 g/mol. The fourth-order valence-corrected chi connectivity index (χ4v) is 4.01. The Morgan fingerprint density at radius 3 is 2.62 bits per heavy atom. The van der Waals surface area contributed by atoms with E-state index in [1.807, 2.05) is 44.2 Å². The largest absolute Gasteiger partial charge is 0.382 e. The third-order valence-corrected chi connectivity index (χ3v) is 5.71. The lowest BCUT2D eigenvalue weighted by Gasteiger charge is -2.24. The van der Waals surface area contributed by atoms with E-state index in [4.69, 9.17) is 4.74 Å². The molecule has 3 aromatic carbocycles. The van der Waals surface area contributed by atoms with Crippen LogP contribution in [0.25, 0.3) is 10.8 Å². The molecule has 1 amide bonds. The number of anilines is 1. The highest BCUT2D eigenvalue weighted by atomic mass is 16.5. The first kappa shape index (κ1) is 19.5. The Morgan fingerprint density at radius 1 is 1.03 bits per heavy atom. The average Bonchev–Trinajstić information content (AvgIpc) is 2.75. The van der Waals surface area contributed by atoms with Gasteiger partial charge in [-0.05, 0) is 60.7 Å². The molecule has 1 aliphatic rings. The summed E-state index contributed by atoms with van der Waals surface area (Å²) in [6, 6.07) is 20.9. The van der Waals surface area contributed by atoms with Gasteiger partial charge in [-0.1, -0.05) is 48.5 Å². The molecule has 3 aromatic rings. The van der Waals surface area contributed by atoms with Gasteiger partial charge in [-0.25, -0.2) is 0 Å². The van der Waals surface area contributed by atoms with Crippen molar-refractivity contribution >= 4 is 22.4 Å². The van der Waals surface area contributed by atoms with Crippen LogP contribution < -0.4 is 10.6 Å². The highest BCUT2D eigenvalue weighted by molar-refractivity contribution is 5.97. The van der Waals surface area contributed by atoms with E-state index < -0.39 is 0 Å². The molecular formula is C25H28N2O2. The van der Waals surface area contributed by atoms with Crippen LogP contribution in [-0.2, 0) is 4.74 Å². The minimum Gasteiger partial charge on any atom is -0.382 e. The van der Waals surface area contributed by atoms with E-state index in [0.717, 1.165) is 42.9 Å². The van der Waals surface area contributed by atoms with Crippen LogP contribution in [0.4, 0.5) is 5.69 Å². The molecule has 0 spiro atoms. The van der Waals surface area contributed by atoms with Crippen molar-refractivity contribution in [2.45, 2.75) is 38.8 Å². The maximum atomic E-state index is 13.1. The number of ether oxygens (including phenoxy) is 1. The van der Waals surface area contributed by atoms with Gasteiger partial charge in [0.1, 0.15) is 0 Å². The van der Waals surface area contributed by atoms with Crippen molar-refractivity contribution in [1.82, 2.24) is 5.32 Å². The first-order valence-corrected chi connectivity index (χ1v) is 10.4. The summed E-state index contributed by atoms with van der Waals surface area (Å²) in [5, 5.41) is 9.10. The topological polar surface area (TPSA) is 50.4 Å². The molecule has 150 valence electrons. The second kappa shape index (κ2) is 8.66. The van der Waals surface area contributed by atoms with Crippen molar-refractivity contribution in [3.8, 4) is 0 Å². The number of carbonyl (C=O) groups is 1. The van der Waals surface area contributed by atoms with Gasteiger partial charge in [0, 0.05) is 30.5 Å². The molecule has 1 saturated heterocycles. The zero-order valence-corrected chi connectivity index (χ0v) is 17.1. The Labute approximate surface area is 172 Å². The SMILES string of the molecule is Cc1ccc(NC2CCOCC2)cc1C(=O)N[C@H](C)c1cccc2ccccc12. The predicted octanol–water partition coefficient (Wildman–Crippen LogP) is 5.23. The van der Waals surface area contributed by atoms with E-state index in [9.17, 15) is 4.79 Å². The highest BCUT2D eigenvalue weighted by Crippen LogP contribution is 2.25. The van der Waals surface area contributed by atoms with Crippen LogP contribution in [0, 0.1) is 6.92 Å². The normalized spacial score (nSPS) is 15.8. The third kappa shape index (κ3) is 4.43. The first-order valence-electron chi connectivity index (χ1n) is 10.4. The number of amides is 1. The molecule has 29 heavy (non-hydrogen) atoms. The van der Waals surface area contributed by atoms with Crippen LogP contribution in [0.1, 0.15) is 47.3 Å². The van der Waals surface area contributed by atoms with Gasteiger partial charge in [-0.15, -0.1) is 0 Å². The molecule has 0 radical (unpaired) electrons. The zero-order chi connectivity index (χ0) is 20.2. The van der Waals surface area contributed by atoms with Crippen LogP contribution in [0.3, 0.4) is 0 Å². The molecule has 0 saturated carbocycles. The minimum absolute atomic E-state index is 0.0430. The van der Waals surface area contributed by atoms with Crippen molar-refractivity contribution in [3.63, 3.8) is 0 Å². The Balaban J connectivity index is 1.52. The van der Waals surface area contributed by atoms with E-state index in [1.54, 1.807) is 0 Å². The molecule has 2 N–H and O–H groups in total. The monoisotopic (exact) mass is 388 g/mol. The molecule has 4 nitrogen and oxygen atoms in total. The second-order valence-electron chi connectivity index (χ2n) is 7.82. The van der Waals surface area contributed by atoms with E-state index in [-0.39, 0.29) is 11.9 Å². The van der Waals surface area contributed by atoms with Crippen LogP contribution in [0.2, 0.25) is 0 Å². The van der Waals surface area contributed by atoms with E-state index in [0.29, 0.717) is 11.6 Å². The van der Waals surface area contributed by atoms with E-state index >= 15 is 0 Å². The number of aryl methyl sites for hydroxylation is 1. The Kier molecular flexibility index (Phi) is 5.81. The van der Waals surface area contributed by atoms with Gasteiger partial charge in [0.15, 0.2) is 0 Å². The van der Waals surface area contributed by atoms with E-state index in [1.165, 1.54) is 10.8 Å². The van der Waals surface area contributed by atoms with Gasteiger partial charge in [0.05, 0.1) is 6.04 Å². The number of benzene rings is 3. The molecule has 1 atom stereocenters. The molecule has 1 fully saturated rings. The minimum atomic E-state index is -0.0832. The van der Waals surface area contributed by atoms with Gasteiger partial charge in [0.25, 0.3) is 5.91 Å². The quantitative estimate of drug-likeness (QED) is 0.629. The molecule has 4 rings (SSSR count). The summed E-state index contributed by atoms with van der Waals surface area (Å²) in [6.07, 6.45) is 1.99. The molecule has 0 aliphatic carbocycles. The summed E-state index contributed by atoms with van der Waals surface area (Å²) in [6.45, 7) is 5.60. The van der Waals surface area contributed by atoms with Gasteiger partial charge in [-0.3, -0.25) is 4.79 Å². The van der Waals surface area contributed by atoms with Crippen molar-refractivity contribution in [3.05, 3.63) is 77.4 Å². The van der Waals surface area contributed by atoms with Crippen LogP contribution in [-0.4, -0.2) is 25.2 Å². The third-order valence-electron chi connectivity index (χ3n) is 5.71. The fraction of sp³-hybridized carbons (Fsp3) is 0.320. The molecule has 0 bridgehead atoms. The zero-order valence-electron chi connectivity index (χ0n) is 17.1. The number of rotatable bonds is 5. The number of fused-ring (bicyclic) bond motifs is 1. The van der Waals surface area contributed by atoms with Crippen LogP contribution in [0.5, 0.6) is 0 Å². The van der Waals surface area contributed by atoms with Gasteiger partial charge >= 0.3 is 0 Å². The fourth-order valence-electron chi connectivity index (χ4n) is 4.01. The standard InChI is InChI=1S/C25H28N2O2/c1-17-10-11-21(27-20-12-14-29-15-13-20)16-24(17)25(28)26-18(2)22-9-5-7-19-6-3-4-8-23(19)22/h3-11,16,18,20,27H,12-15H2,1-2H3,(H,26,28)/t18-/m1/s1. The van der Waals surface area contributed by atoms with E-state index in [2.05, 4.69) is 41.0 Å². The molecule has 4 heteroatoms. The predicted molar refractivity (Wildman–Crippen MR) is 118 cm³/mol. The number of hydrogen-bond donors (Lipinski definition) is 2. The van der Waals surface area contributed by atoms with Crippen molar-refractivity contribution in [2.24, 2.45) is 0 Å². The Morgan fingerprint density at radius 2 is 1.79 bits per heavy atom. The van der Waals surface area contributed by atoms with Crippen molar-refractivity contribution < 1.29 is 9.53 Å². The van der Waals surface area contributed by atoms with Gasteiger partial charge in [0.2, 0.25) is 0 Å². The number of hydrogen-bond acceptors (Lipinski definition) is 3. The maximum absolute atomic E-state index is 13.1. The highest BCUT2D eigenvalue weighted by Gasteiger charge is 2.17. The smallest absolute Gasteiger partial charge is 0.252 e. The molecule has 1 heterocycles. The van der Waals surface area contributed by atoms with Gasteiger partial charge < -0.3 is 15.4 Å². The summed E-state index contributed by atoms with van der Waals surface area (Å²) in [4.78, 5) is 13.1. The number of carbonyl (C=O) groups excluding carboxylic acids is 1. The average molecular weight is 389 g/mol. The lowest BCUT2D eigenvalue weighted by Crippen LogP contribution is -2.29. The molecule has 0 unspecified atom stereocenters. The van der Waals surface area contributed by atoms with Crippen LogP contribution >= 0.6 is 0 Å². The van der Waals surface area contributed by atoms with Crippen molar-refractivity contribution in [1.29, 1.82) is 0 Å². The summed E-state index contributed by atoms with van der Waals surface area (Å²) in [5.41, 5.74) is 3.82. The van der Waals surface area contributed by atoms with Crippen LogP contribution in [0.15, 0.2) is 60.7 Å². The lowest BCUT2D eigenvalue weighted by atomic mass is 9.99. The first-order chi connectivity index (χ1) is 14.1.